The molecule has 0 aliphatic carbocycles. The molecule has 0 unspecified atom stereocenters. The number of benzene rings is 3. The third kappa shape index (κ3) is 5.31. The maximum absolute atomic E-state index is 13.8. The lowest BCUT2D eigenvalue weighted by Crippen LogP contribution is -2.23. The SMILES string of the molecule is COc1ccc(C(C)(C)c2cnc(SCc3cc(F)cc(Cl)c3)n2-c2ccc(F)cc2)cc1OC. The van der Waals surface area contributed by atoms with Crippen LogP contribution in [0, 0.1) is 11.6 Å². The number of ether oxygens (including phenoxy) is 2. The van der Waals surface area contributed by atoms with E-state index in [2.05, 4.69) is 13.8 Å². The van der Waals surface area contributed by atoms with Gasteiger partial charge >= 0.3 is 0 Å². The predicted octanol–water partition coefficient (Wildman–Crippen LogP) is 7.44. The summed E-state index contributed by atoms with van der Waals surface area (Å²) in [5.41, 5.74) is 2.91. The average molecular weight is 515 g/mol. The van der Waals surface area contributed by atoms with E-state index in [9.17, 15) is 8.78 Å². The van der Waals surface area contributed by atoms with Crippen molar-refractivity contribution in [2.45, 2.75) is 30.2 Å². The van der Waals surface area contributed by atoms with Gasteiger partial charge in [-0.1, -0.05) is 43.3 Å². The van der Waals surface area contributed by atoms with Gasteiger partial charge < -0.3 is 9.47 Å². The molecule has 3 aromatic carbocycles. The number of hydrogen-bond acceptors (Lipinski definition) is 4. The average Bonchev–Trinajstić information content (AvgIpc) is 3.27. The van der Waals surface area contributed by atoms with E-state index in [1.807, 2.05) is 29.0 Å². The van der Waals surface area contributed by atoms with Crippen LogP contribution in [0.5, 0.6) is 11.5 Å². The van der Waals surface area contributed by atoms with Gasteiger partial charge in [0, 0.05) is 21.9 Å². The summed E-state index contributed by atoms with van der Waals surface area (Å²) < 4.78 is 40.5. The van der Waals surface area contributed by atoms with Gasteiger partial charge in [-0.05, 0) is 65.7 Å². The molecule has 4 rings (SSSR count). The topological polar surface area (TPSA) is 36.3 Å². The standard InChI is InChI=1S/C27H25ClF2N2O2S/c1-27(2,18-5-10-23(33-3)24(13-18)34-4)25-15-31-26(32(25)22-8-6-20(29)7-9-22)35-16-17-11-19(28)14-21(30)12-17/h5-15H,16H2,1-4H3. The molecule has 1 heterocycles. The molecular formula is C27H25ClF2N2O2S. The Morgan fingerprint density at radius 3 is 2.29 bits per heavy atom. The lowest BCUT2D eigenvalue weighted by molar-refractivity contribution is 0.353. The van der Waals surface area contributed by atoms with Gasteiger partial charge in [-0.3, -0.25) is 4.57 Å². The van der Waals surface area contributed by atoms with Crippen LogP contribution in [-0.4, -0.2) is 23.8 Å². The van der Waals surface area contributed by atoms with Crippen LogP contribution in [0.3, 0.4) is 0 Å². The Balaban J connectivity index is 1.78. The number of halogens is 3. The lowest BCUT2D eigenvalue weighted by atomic mass is 9.81. The van der Waals surface area contributed by atoms with Crippen LogP contribution in [0.4, 0.5) is 8.78 Å². The van der Waals surface area contributed by atoms with Gasteiger partial charge in [-0.15, -0.1) is 0 Å². The van der Waals surface area contributed by atoms with Crippen molar-refractivity contribution in [1.82, 2.24) is 9.55 Å². The molecule has 182 valence electrons. The number of aromatic nitrogens is 2. The summed E-state index contributed by atoms with van der Waals surface area (Å²) >= 11 is 7.48. The highest BCUT2D eigenvalue weighted by Crippen LogP contribution is 2.39. The van der Waals surface area contributed by atoms with Crippen LogP contribution in [0.1, 0.15) is 30.7 Å². The molecule has 1 aromatic heterocycles. The maximum Gasteiger partial charge on any atom is 0.173 e. The number of rotatable bonds is 8. The highest BCUT2D eigenvalue weighted by atomic mass is 35.5. The monoisotopic (exact) mass is 514 g/mol. The molecule has 4 nitrogen and oxygen atoms in total. The van der Waals surface area contributed by atoms with Crippen molar-refractivity contribution >= 4 is 23.4 Å². The Bertz CT molecular complexity index is 1320. The Hall–Kier alpha value is -3.03. The minimum Gasteiger partial charge on any atom is -0.493 e. The van der Waals surface area contributed by atoms with Crippen molar-refractivity contribution in [3.8, 4) is 17.2 Å². The normalized spacial score (nSPS) is 11.5. The van der Waals surface area contributed by atoms with Crippen molar-refractivity contribution in [3.63, 3.8) is 0 Å². The Kier molecular flexibility index (Phi) is 7.38. The molecule has 0 amide bonds. The van der Waals surface area contributed by atoms with Crippen molar-refractivity contribution in [3.05, 3.63) is 100 Å². The van der Waals surface area contributed by atoms with Crippen molar-refractivity contribution in [2.75, 3.05) is 14.2 Å². The summed E-state index contributed by atoms with van der Waals surface area (Å²) in [6.45, 7) is 4.18. The molecule has 0 spiro atoms. The summed E-state index contributed by atoms with van der Waals surface area (Å²) in [4.78, 5) is 4.69. The highest BCUT2D eigenvalue weighted by Gasteiger charge is 2.30. The van der Waals surface area contributed by atoms with E-state index in [1.165, 1.54) is 36.0 Å². The molecule has 0 fully saturated rings. The largest absolute Gasteiger partial charge is 0.493 e. The van der Waals surface area contributed by atoms with Crippen LogP contribution in [0.2, 0.25) is 5.02 Å². The zero-order valence-corrected chi connectivity index (χ0v) is 21.4. The van der Waals surface area contributed by atoms with Gasteiger partial charge in [0.2, 0.25) is 0 Å². The zero-order chi connectivity index (χ0) is 25.2. The van der Waals surface area contributed by atoms with E-state index in [-0.39, 0.29) is 11.6 Å². The first-order valence-electron chi connectivity index (χ1n) is 10.9. The van der Waals surface area contributed by atoms with Crippen LogP contribution in [0.25, 0.3) is 5.69 Å². The third-order valence-corrected chi connectivity index (χ3v) is 7.09. The molecule has 0 aliphatic rings. The van der Waals surface area contributed by atoms with Crippen LogP contribution in [0.15, 0.2) is 72.0 Å². The molecule has 0 bridgehead atoms. The second-order valence-corrected chi connectivity index (χ2v) is 9.88. The minimum absolute atomic E-state index is 0.321. The maximum atomic E-state index is 13.8. The summed E-state index contributed by atoms with van der Waals surface area (Å²) in [7, 11) is 3.20. The summed E-state index contributed by atoms with van der Waals surface area (Å²) in [5.74, 6) is 1.03. The van der Waals surface area contributed by atoms with Gasteiger partial charge in [-0.25, -0.2) is 13.8 Å². The Morgan fingerprint density at radius 1 is 0.914 bits per heavy atom. The van der Waals surface area contributed by atoms with E-state index < -0.39 is 5.41 Å². The first-order chi connectivity index (χ1) is 16.7. The summed E-state index contributed by atoms with van der Waals surface area (Å²) in [6.07, 6.45) is 1.82. The second kappa shape index (κ2) is 10.3. The van der Waals surface area contributed by atoms with Crippen LogP contribution >= 0.6 is 23.4 Å². The smallest absolute Gasteiger partial charge is 0.173 e. The zero-order valence-electron chi connectivity index (χ0n) is 19.8. The van der Waals surface area contributed by atoms with Crippen molar-refractivity contribution in [1.29, 1.82) is 0 Å². The van der Waals surface area contributed by atoms with Crippen molar-refractivity contribution in [2.24, 2.45) is 0 Å². The van der Waals surface area contributed by atoms with Crippen LogP contribution < -0.4 is 9.47 Å². The van der Waals surface area contributed by atoms with E-state index in [1.54, 1.807) is 32.4 Å². The van der Waals surface area contributed by atoms with E-state index in [0.29, 0.717) is 27.4 Å². The predicted molar refractivity (Wildman–Crippen MR) is 136 cm³/mol. The number of methoxy groups -OCH3 is 2. The second-order valence-electron chi connectivity index (χ2n) is 8.50. The fraction of sp³-hybridized carbons (Fsp3) is 0.222. The fourth-order valence-corrected chi connectivity index (χ4v) is 5.10. The minimum atomic E-state index is -0.498. The van der Waals surface area contributed by atoms with Crippen LogP contribution in [-0.2, 0) is 11.2 Å². The number of thioether (sulfide) groups is 1. The first-order valence-corrected chi connectivity index (χ1v) is 12.2. The molecule has 0 saturated heterocycles. The van der Waals surface area contributed by atoms with E-state index in [4.69, 9.17) is 26.1 Å². The van der Waals surface area contributed by atoms with Gasteiger partial charge in [0.25, 0.3) is 0 Å². The van der Waals surface area contributed by atoms with E-state index >= 15 is 0 Å². The van der Waals surface area contributed by atoms with Crippen molar-refractivity contribution < 1.29 is 18.3 Å². The fourth-order valence-electron chi connectivity index (χ4n) is 3.93. The van der Waals surface area contributed by atoms with Gasteiger partial charge in [0.1, 0.15) is 11.6 Å². The molecule has 0 atom stereocenters. The highest BCUT2D eigenvalue weighted by molar-refractivity contribution is 7.98. The van der Waals surface area contributed by atoms with E-state index in [0.717, 1.165) is 22.5 Å². The quantitative estimate of drug-likeness (QED) is 0.229. The first kappa shape index (κ1) is 25.1. The van der Waals surface area contributed by atoms with Gasteiger partial charge in [0.15, 0.2) is 16.7 Å². The number of nitrogens with zero attached hydrogens (tertiary/aromatic N) is 2. The molecule has 0 N–H and O–H groups in total. The molecule has 0 radical (unpaired) electrons. The molecule has 0 aliphatic heterocycles. The third-order valence-electron chi connectivity index (χ3n) is 5.85. The molecule has 35 heavy (non-hydrogen) atoms. The summed E-state index contributed by atoms with van der Waals surface area (Å²) in [6, 6.07) is 16.6. The number of imidazole rings is 1. The Morgan fingerprint density at radius 2 is 1.63 bits per heavy atom. The van der Waals surface area contributed by atoms with Gasteiger partial charge in [-0.2, -0.15) is 0 Å². The Labute approximate surface area is 212 Å². The molecular weight excluding hydrogens is 490 g/mol. The molecule has 8 heteroatoms. The lowest BCUT2D eigenvalue weighted by Gasteiger charge is -2.28. The summed E-state index contributed by atoms with van der Waals surface area (Å²) in [5, 5.41) is 1.04. The number of hydrogen-bond donors (Lipinski definition) is 0. The van der Waals surface area contributed by atoms with Gasteiger partial charge in [0.05, 0.1) is 26.1 Å². The molecule has 4 aromatic rings. The molecule has 0 saturated carbocycles.